The van der Waals surface area contributed by atoms with Crippen molar-refractivity contribution in [3.8, 4) is 5.75 Å². The summed E-state index contributed by atoms with van der Waals surface area (Å²) < 4.78 is 11.0. The molecule has 1 aromatic heterocycles. The van der Waals surface area contributed by atoms with E-state index in [1.807, 2.05) is 73.7 Å². The second-order valence-electron chi connectivity index (χ2n) is 9.13. The van der Waals surface area contributed by atoms with Crippen LogP contribution >= 0.6 is 0 Å². The Hall–Kier alpha value is -4.19. The molecule has 2 heterocycles. The topological polar surface area (TPSA) is 77.5 Å². The lowest BCUT2D eigenvalue weighted by Crippen LogP contribution is -2.36. The highest BCUT2D eigenvalue weighted by atomic mass is 16.5. The Labute approximate surface area is 210 Å². The summed E-state index contributed by atoms with van der Waals surface area (Å²) in [6.45, 7) is 2.04. The lowest BCUT2D eigenvalue weighted by molar-refractivity contribution is -0.140. The fraction of sp³-hybridized carbons (Fsp3) is 0.233. The molecule has 2 atom stereocenters. The van der Waals surface area contributed by atoms with Crippen molar-refractivity contribution in [2.24, 2.45) is 0 Å². The molecule has 6 nitrogen and oxygen atoms in total. The van der Waals surface area contributed by atoms with E-state index in [0.29, 0.717) is 29.7 Å². The minimum Gasteiger partial charge on any atom is -0.497 e. The van der Waals surface area contributed by atoms with Gasteiger partial charge in [0.05, 0.1) is 12.7 Å². The number of pyridine rings is 1. The number of benzene rings is 2. The number of methoxy groups -OCH3 is 1. The van der Waals surface area contributed by atoms with E-state index >= 15 is 0 Å². The molecule has 0 saturated carbocycles. The molecular formula is C30H28N2O4. The summed E-state index contributed by atoms with van der Waals surface area (Å²) in [4.78, 5) is 31.2. The maximum Gasteiger partial charge on any atom is 0.337 e. The Morgan fingerprint density at radius 2 is 1.69 bits per heavy atom. The number of ketones is 1. The Balaban J connectivity index is 1.48. The number of rotatable bonds is 6. The summed E-state index contributed by atoms with van der Waals surface area (Å²) in [6, 6.07) is 21.2. The van der Waals surface area contributed by atoms with Crippen LogP contribution in [0.4, 0.5) is 0 Å². The van der Waals surface area contributed by atoms with Crippen LogP contribution in [0, 0.1) is 0 Å². The van der Waals surface area contributed by atoms with Gasteiger partial charge in [0, 0.05) is 41.7 Å². The largest absolute Gasteiger partial charge is 0.497 e. The smallest absolute Gasteiger partial charge is 0.337 e. The second-order valence-corrected chi connectivity index (χ2v) is 9.13. The molecule has 1 aliphatic carbocycles. The number of hydrogen-bond acceptors (Lipinski definition) is 6. The van der Waals surface area contributed by atoms with Crippen LogP contribution in [0.5, 0.6) is 5.75 Å². The average molecular weight is 481 g/mol. The first-order chi connectivity index (χ1) is 17.5. The lowest BCUT2D eigenvalue weighted by Gasteiger charge is -2.36. The Morgan fingerprint density at radius 3 is 2.39 bits per heavy atom. The second kappa shape index (κ2) is 10.2. The van der Waals surface area contributed by atoms with Crippen LogP contribution in [0.1, 0.15) is 48.3 Å². The van der Waals surface area contributed by atoms with E-state index in [-0.39, 0.29) is 18.3 Å². The van der Waals surface area contributed by atoms with Crippen LogP contribution in [0.2, 0.25) is 0 Å². The summed E-state index contributed by atoms with van der Waals surface area (Å²) in [7, 11) is 1.64. The molecule has 0 unspecified atom stereocenters. The third-order valence-corrected chi connectivity index (χ3v) is 6.89. The molecule has 0 amide bonds. The van der Waals surface area contributed by atoms with Crippen molar-refractivity contribution in [2.75, 3.05) is 7.11 Å². The standard InChI is InChI=1S/C30H28N2O4/c1-19-27(30(34)36-18-20-6-4-3-5-7-20)28(22-12-14-31-15-13-22)29-25(32-19)16-23(17-26(29)33)21-8-10-24(35-2)11-9-21/h3-15,23,28,32H,16-18H2,1-2H3/t23-,28+/m1/s1. The number of carbonyl (C=O) groups excluding carboxylic acids is 2. The van der Waals surface area contributed by atoms with E-state index in [9.17, 15) is 9.59 Å². The van der Waals surface area contributed by atoms with Gasteiger partial charge in [-0.2, -0.15) is 0 Å². The quantitative estimate of drug-likeness (QED) is 0.489. The molecule has 0 saturated heterocycles. The first kappa shape index (κ1) is 23.5. The molecule has 0 spiro atoms. The number of nitrogens with one attached hydrogen (secondary N) is 1. The molecule has 5 rings (SSSR count). The zero-order chi connectivity index (χ0) is 25.1. The van der Waals surface area contributed by atoms with E-state index in [2.05, 4.69) is 10.3 Å². The van der Waals surface area contributed by atoms with Gasteiger partial charge in [-0.05, 0) is 60.2 Å². The van der Waals surface area contributed by atoms with E-state index in [4.69, 9.17) is 9.47 Å². The van der Waals surface area contributed by atoms with Crippen molar-refractivity contribution in [3.63, 3.8) is 0 Å². The average Bonchev–Trinajstić information content (AvgIpc) is 2.92. The van der Waals surface area contributed by atoms with E-state index in [0.717, 1.165) is 28.1 Å². The van der Waals surface area contributed by atoms with Gasteiger partial charge in [0.1, 0.15) is 12.4 Å². The fourth-order valence-electron chi connectivity index (χ4n) is 5.11. The van der Waals surface area contributed by atoms with Gasteiger partial charge in [-0.3, -0.25) is 9.78 Å². The number of dihydropyridines is 1. The van der Waals surface area contributed by atoms with Gasteiger partial charge in [-0.1, -0.05) is 42.5 Å². The van der Waals surface area contributed by atoms with Gasteiger partial charge in [-0.15, -0.1) is 0 Å². The van der Waals surface area contributed by atoms with E-state index < -0.39 is 11.9 Å². The normalized spacial score (nSPS) is 19.4. The summed E-state index contributed by atoms with van der Waals surface area (Å²) >= 11 is 0. The van der Waals surface area contributed by atoms with Gasteiger partial charge >= 0.3 is 5.97 Å². The van der Waals surface area contributed by atoms with Crippen LogP contribution in [0.25, 0.3) is 0 Å². The van der Waals surface area contributed by atoms with Gasteiger partial charge in [0.25, 0.3) is 0 Å². The predicted octanol–water partition coefficient (Wildman–Crippen LogP) is 5.20. The first-order valence-electron chi connectivity index (χ1n) is 12.0. The number of Topliss-reactive ketones (excluding diaryl/α,β-unsaturated/α-hetero) is 1. The number of hydrogen-bond donors (Lipinski definition) is 1. The fourth-order valence-corrected chi connectivity index (χ4v) is 5.11. The van der Waals surface area contributed by atoms with Crippen molar-refractivity contribution >= 4 is 11.8 Å². The Kier molecular flexibility index (Phi) is 6.67. The van der Waals surface area contributed by atoms with Crippen LogP contribution in [0.15, 0.2) is 102 Å². The monoisotopic (exact) mass is 480 g/mol. The number of carbonyl (C=O) groups is 2. The summed E-state index contributed by atoms with van der Waals surface area (Å²) in [5.41, 5.74) is 5.52. The minimum atomic E-state index is -0.503. The highest BCUT2D eigenvalue weighted by Gasteiger charge is 2.41. The maximum atomic E-state index is 13.7. The van der Waals surface area contributed by atoms with E-state index in [1.165, 1.54) is 0 Å². The lowest BCUT2D eigenvalue weighted by atomic mass is 9.72. The van der Waals surface area contributed by atoms with Crippen molar-refractivity contribution in [1.82, 2.24) is 10.3 Å². The molecule has 6 heteroatoms. The van der Waals surface area contributed by atoms with Gasteiger partial charge < -0.3 is 14.8 Å². The van der Waals surface area contributed by atoms with Crippen molar-refractivity contribution in [2.45, 2.75) is 38.2 Å². The molecule has 0 bridgehead atoms. The molecule has 0 radical (unpaired) electrons. The van der Waals surface area contributed by atoms with Crippen molar-refractivity contribution in [3.05, 3.63) is 118 Å². The molecule has 3 aromatic rings. The van der Waals surface area contributed by atoms with Crippen molar-refractivity contribution in [1.29, 1.82) is 0 Å². The number of allylic oxidation sites excluding steroid dienone is 3. The van der Waals surface area contributed by atoms with E-state index in [1.54, 1.807) is 19.5 Å². The number of nitrogens with zero attached hydrogens (tertiary/aromatic N) is 1. The molecule has 1 aliphatic heterocycles. The summed E-state index contributed by atoms with van der Waals surface area (Å²) in [5.74, 6) is -0.0646. The zero-order valence-electron chi connectivity index (χ0n) is 20.4. The Bertz CT molecular complexity index is 1330. The van der Waals surface area contributed by atoms with Crippen LogP contribution < -0.4 is 10.1 Å². The number of esters is 1. The third-order valence-electron chi connectivity index (χ3n) is 6.89. The predicted molar refractivity (Wildman–Crippen MR) is 136 cm³/mol. The van der Waals surface area contributed by atoms with Crippen LogP contribution in [-0.2, 0) is 20.9 Å². The molecule has 0 fully saturated rings. The summed E-state index contributed by atoms with van der Waals surface area (Å²) in [6.07, 6.45) is 4.43. The molecule has 2 aliphatic rings. The van der Waals surface area contributed by atoms with Crippen LogP contribution in [0.3, 0.4) is 0 Å². The zero-order valence-corrected chi connectivity index (χ0v) is 20.4. The molecule has 1 N–H and O–H groups in total. The van der Waals surface area contributed by atoms with Gasteiger partial charge in [0.15, 0.2) is 5.78 Å². The minimum absolute atomic E-state index is 0.0345. The molecule has 36 heavy (non-hydrogen) atoms. The van der Waals surface area contributed by atoms with Gasteiger partial charge in [-0.25, -0.2) is 4.79 Å². The molecular weight excluding hydrogens is 452 g/mol. The highest BCUT2D eigenvalue weighted by molar-refractivity contribution is 6.04. The maximum absolute atomic E-state index is 13.7. The van der Waals surface area contributed by atoms with Gasteiger partial charge in [0.2, 0.25) is 0 Å². The SMILES string of the molecule is COc1ccc([C@H]2CC(=O)C3=C(C2)NC(C)=C(C(=O)OCc2ccccc2)[C@@H]3c2ccncc2)cc1. The Morgan fingerprint density at radius 1 is 0.972 bits per heavy atom. The van der Waals surface area contributed by atoms with Crippen LogP contribution in [-0.4, -0.2) is 23.8 Å². The molecule has 182 valence electrons. The number of ether oxygens (including phenoxy) is 2. The molecule has 2 aromatic carbocycles. The first-order valence-corrected chi connectivity index (χ1v) is 12.0. The van der Waals surface area contributed by atoms with Crippen molar-refractivity contribution < 1.29 is 19.1 Å². The number of aromatic nitrogens is 1. The third kappa shape index (κ3) is 4.67. The summed E-state index contributed by atoms with van der Waals surface area (Å²) in [5, 5.41) is 3.40. The highest BCUT2D eigenvalue weighted by Crippen LogP contribution is 2.45.